The molecule has 0 bridgehead atoms. The largest absolute Gasteiger partial charge is 0.398 e. The van der Waals surface area contributed by atoms with E-state index in [1.165, 1.54) is 12.1 Å². The smallest absolute Gasteiger partial charge is 0.271 e. The normalized spacial score (nSPS) is 10.5. The fourth-order valence-electron chi connectivity index (χ4n) is 1.96. The summed E-state index contributed by atoms with van der Waals surface area (Å²) in [5.74, 6) is 1.25. The third-order valence-corrected chi connectivity index (χ3v) is 2.89. The molecule has 2 rings (SSSR count). The molecular formula is C12H16N6O2. The number of hydrogen-bond donors (Lipinski definition) is 2. The van der Waals surface area contributed by atoms with Crippen LogP contribution < -0.4 is 11.1 Å². The second kappa shape index (κ2) is 5.55. The number of nitrogens with zero attached hydrogens (tertiary/aromatic N) is 4. The number of anilines is 2. The highest BCUT2D eigenvalue weighted by molar-refractivity contribution is 5.74. The topological polar surface area (TPSA) is 112 Å². The van der Waals surface area contributed by atoms with E-state index in [1.54, 1.807) is 6.07 Å². The van der Waals surface area contributed by atoms with E-state index >= 15 is 0 Å². The Hall–Kier alpha value is -2.64. The maximum absolute atomic E-state index is 10.7. The lowest BCUT2D eigenvalue weighted by Gasteiger charge is -2.09. The molecule has 0 unspecified atom stereocenters. The SMILES string of the molecule is CCNc1nnc(-c2ccc([N+](=O)[O-])cc2N)n1CC. The van der Waals surface area contributed by atoms with Crippen molar-refractivity contribution in [1.29, 1.82) is 0 Å². The third-order valence-electron chi connectivity index (χ3n) is 2.89. The second-order valence-electron chi connectivity index (χ2n) is 4.15. The van der Waals surface area contributed by atoms with Crippen LogP contribution in [-0.4, -0.2) is 26.2 Å². The number of non-ortho nitro benzene ring substituents is 1. The molecule has 20 heavy (non-hydrogen) atoms. The van der Waals surface area contributed by atoms with Crippen LogP contribution in [0.5, 0.6) is 0 Å². The van der Waals surface area contributed by atoms with E-state index in [2.05, 4.69) is 15.5 Å². The molecule has 0 amide bonds. The van der Waals surface area contributed by atoms with Gasteiger partial charge in [0.25, 0.3) is 5.69 Å². The van der Waals surface area contributed by atoms with Gasteiger partial charge in [0.1, 0.15) is 0 Å². The summed E-state index contributed by atoms with van der Waals surface area (Å²) in [6.45, 7) is 5.33. The third kappa shape index (κ3) is 2.40. The van der Waals surface area contributed by atoms with Gasteiger partial charge in [-0.3, -0.25) is 14.7 Å². The minimum absolute atomic E-state index is 0.0410. The van der Waals surface area contributed by atoms with Gasteiger partial charge in [-0.25, -0.2) is 0 Å². The Morgan fingerprint density at radius 3 is 2.70 bits per heavy atom. The molecule has 0 atom stereocenters. The van der Waals surface area contributed by atoms with E-state index in [0.717, 1.165) is 6.54 Å². The van der Waals surface area contributed by atoms with Crippen molar-refractivity contribution in [1.82, 2.24) is 14.8 Å². The van der Waals surface area contributed by atoms with Crippen molar-refractivity contribution in [2.75, 3.05) is 17.6 Å². The summed E-state index contributed by atoms with van der Waals surface area (Å²) in [5, 5.41) is 22.0. The number of nitrogen functional groups attached to an aromatic ring is 1. The maximum Gasteiger partial charge on any atom is 0.271 e. The van der Waals surface area contributed by atoms with Gasteiger partial charge in [-0.1, -0.05) is 0 Å². The molecule has 0 aliphatic rings. The van der Waals surface area contributed by atoms with Crippen LogP contribution in [0.1, 0.15) is 13.8 Å². The second-order valence-corrected chi connectivity index (χ2v) is 4.15. The van der Waals surface area contributed by atoms with Crippen LogP contribution in [0.25, 0.3) is 11.4 Å². The molecule has 106 valence electrons. The number of aromatic nitrogens is 3. The van der Waals surface area contributed by atoms with Crippen LogP contribution in [0.2, 0.25) is 0 Å². The predicted octanol–water partition coefficient (Wildman–Crippen LogP) is 1.89. The van der Waals surface area contributed by atoms with Crippen LogP contribution in [0, 0.1) is 10.1 Å². The molecule has 1 aromatic heterocycles. The highest BCUT2D eigenvalue weighted by Gasteiger charge is 2.16. The van der Waals surface area contributed by atoms with Crippen LogP contribution in [0.3, 0.4) is 0 Å². The number of nitrogens with two attached hydrogens (primary N) is 1. The van der Waals surface area contributed by atoms with E-state index in [4.69, 9.17) is 5.73 Å². The van der Waals surface area contributed by atoms with E-state index in [1.807, 2.05) is 18.4 Å². The van der Waals surface area contributed by atoms with E-state index < -0.39 is 4.92 Å². The van der Waals surface area contributed by atoms with Crippen LogP contribution in [0.15, 0.2) is 18.2 Å². The zero-order chi connectivity index (χ0) is 14.7. The number of hydrogen-bond acceptors (Lipinski definition) is 6. The monoisotopic (exact) mass is 276 g/mol. The minimum Gasteiger partial charge on any atom is -0.398 e. The molecule has 0 saturated carbocycles. The zero-order valence-electron chi connectivity index (χ0n) is 11.3. The summed E-state index contributed by atoms with van der Waals surface area (Å²) in [5.41, 5.74) is 6.79. The van der Waals surface area contributed by atoms with Crippen LogP contribution in [-0.2, 0) is 6.54 Å². The molecule has 1 aromatic carbocycles. The number of nitro benzene ring substituents is 1. The highest BCUT2D eigenvalue weighted by Crippen LogP contribution is 2.29. The Balaban J connectivity index is 2.49. The van der Waals surface area contributed by atoms with Gasteiger partial charge >= 0.3 is 0 Å². The first-order valence-electron chi connectivity index (χ1n) is 6.29. The van der Waals surface area contributed by atoms with Gasteiger partial charge < -0.3 is 11.1 Å². The molecule has 3 N–H and O–H groups in total. The van der Waals surface area contributed by atoms with Crippen molar-refractivity contribution in [3.63, 3.8) is 0 Å². The van der Waals surface area contributed by atoms with Gasteiger partial charge in [0.15, 0.2) is 5.82 Å². The summed E-state index contributed by atoms with van der Waals surface area (Å²) in [6, 6.07) is 4.34. The standard InChI is InChI=1S/C12H16N6O2/c1-3-14-12-16-15-11(17(12)4-2)9-6-5-8(18(19)20)7-10(9)13/h5-7H,3-4,13H2,1-2H3,(H,14,16). The molecule has 0 aliphatic carbocycles. The molecule has 8 nitrogen and oxygen atoms in total. The summed E-state index contributed by atoms with van der Waals surface area (Å²) in [4.78, 5) is 10.2. The Morgan fingerprint density at radius 1 is 1.40 bits per heavy atom. The first kappa shape index (κ1) is 13.8. The summed E-state index contributed by atoms with van der Waals surface area (Å²) < 4.78 is 1.88. The molecule has 1 heterocycles. The number of nitrogens with one attached hydrogen (secondary N) is 1. The quantitative estimate of drug-likeness (QED) is 0.490. The van der Waals surface area contributed by atoms with Gasteiger partial charge in [0, 0.05) is 36.5 Å². The van der Waals surface area contributed by atoms with Gasteiger partial charge in [-0.15, -0.1) is 10.2 Å². The molecule has 0 aliphatic heterocycles. The molecule has 0 radical (unpaired) electrons. The molecule has 0 spiro atoms. The van der Waals surface area contributed by atoms with Crippen molar-refractivity contribution in [3.05, 3.63) is 28.3 Å². The van der Waals surface area contributed by atoms with Crippen molar-refractivity contribution >= 4 is 17.3 Å². The van der Waals surface area contributed by atoms with Gasteiger partial charge in [0.05, 0.1) is 4.92 Å². The maximum atomic E-state index is 10.7. The first-order chi connectivity index (χ1) is 9.58. The number of nitro groups is 1. The fourth-order valence-corrected chi connectivity index (χ4v) is 1.96. The first-order valence-corrected chi connectivity index (χ1v) is 6.29. The zero-order valence-corrected chi connectivity index (χ0v) is 11.3. The Bertz CT molecular complexity index is 637. The lowest BCUT2D eigenvalue weighted by atomic mass is 10.1. The van der Waals surface area contributed by atoms with Gasteiger partial charge in [-0.05, 0) is 19.9 Å². The average Bonchev–Trinajstić information content (AvgIpc) is 2.81. The highest BCUT2D eigenvalue weighted by atomic mass is 16.6. The molecule has 0 saturated heterocycles. The molecular weight excluding hydrogens is 260 g/mol. The van der Waals surface area contributed by atoms with Crippen molar-refractivity contribution in [2.24, 2.45) is 0 Å². The summed E-state index contributed by atoms with van der Waals surface area (Å²) in [6.07, 6.45) is 0. The van der Waals surface area contributed by atoms with E-state index in [9.17, 15) is 10.1 Å². The number of benzene rings is 1. The molecule has 2 aromatic rings. The lowest BCUT2D eigenvalue weighted by molar-refractivity contribution is -0.384. The Labute approximate surface area is 115 Å². The Morgan fingerprint density at radius 2 is 2.15 bits per heavy atom. The van der Waals surface area contributed by atoms with Crippen molar-refractivity contribution in [2.45, 2.75) is 20.4 Å². The summed E-state index contributed by atoms with van der Waals surface area (Å²) in [7, 11) is 0. The van der Waals surface area contributed by atoms with Crippen molar-refractivity contribution < 1.29 is 4.92 Å². The van der Waals surface area contributed by atoms with Gasteiger partial charge in [-0.2, -0.15) is 0 Å². The lowest BCUT2D eigenvalue weighted by Crippen LogP contribution is -2.07. The fraction of sp³-hybridized carbons (Fsp3) is 0.333. The van der Waals surface area contributed by atoms with E-state index in [-0.39, 0.29) is 5.69 Å². The van der Waals surface area contributed by atoms with Gasteiger partial charge in [0.2, 0.25) is 5.95 Å². The molecule has 8 heteroatoms. The van der Waals surface area contributed by atoms with E-state index in [0.29, 0.717) is 29.6 Å². The molecule has 0 fully saturated rings. The van der Waals surface area contributed by atoms with Crippen LogP contribution in [0.4, 0.5) is 17.3 Å². The van der Waals surface area contributed by atoms with Crippen molar-refractivity contribution in [3.8, 4) is 11.4 Å². The minimum atomic E-state index is -0.477. The Kier molecular flexibility index (Phi) is 3.83. The predicted molar refractivity (Wildman–Crippen MR) is 76.4 cm³/mol. The average molecular weight is 276 g/mol. The van der Waals surface area contributed by atoms with Crippen LogP contribution >= 0.6 is 0 Å². The number of rotatable bonds is 5. The summed E-state index contributed by atoms with van der Waals surface area (Å²) >= 11 is 0.